The third-order valence-electron chi connectivity index (χ3n) is 4.65. The molecule has 0 radical (unpaired) electrons. The molecule has 0 aliphatic carbocycles. The Kier molecular flexibility index (Phi) is 3.40. The van der Waals surface area contributed by atoms with Gasteiger partial charge in [0.1, 0.15) is 5.75 Å². The summed E-state index contributed by atoms with van der Waals surface area (Å²) in [5, 5.41) is 3.73. The summed E-state index contributed by atoms with van der Waals surface area (Å²) < 4.78 is 5.56. The molecular formula is C16H24N2O. The molecule has 1 aromatic rings. The third-order valence-corrected chi connectivity index (χ3v) is 4.65. The number of likely N-dealkylation sites (tertiary alicyclic amines) is 1. The lowest BCUT2D eigenvalue weighted by atomic mass is 9.89. The lowest BCUT2D eigenvalue weighted by molar-refractivity contribution is 0.145. The van der Waals surface area contributed by atoms with E-state index in [1.54, 1.807) is 0 Å². The quantitative estimate of drug-likeness (QED) is 0.885. The zero-order chi connectivity index (χ0) is 13.4. The van der Waals surface area contributed by atoms with Gasteiger partial charge in [-0.15, -0.1) is 0 Å². The molecule has 0 saturated carbocycles. The molecular weight excluding hydrogens is 236 g/mol. The van der Waals surface area contributed by atoms with Crippen LogP contribution in [-0.4, -0.2) is 37.2 Å². The van der Waals surface area contributed by atoms with E-state index >= 15 is 0 Å². The second-order valence-corrected chi connectivity index (χ2v) is 6.17. The highest BCUT2D eigenvalue weighted by atomic mass is 16.5. The maximum atomic E-state index is 5.56. The van der Waals surface area contributed by atoms with Crippen LogP contribution in [0.15, 0.2) is 18.2 Å². The molecule has 3 heteroatoms. The molecule has 1 N–H and O–H groups in total. The van der Waals surface area contributed by atoms with Crippen molar-refractivity contribution in [2.75, 3.05) is 25.5 Å². The number of benzene rings is 1. The van der Waals surface area contributed by atoms with Crippen molar-refractivity contribution in [2.45, 2.75) is 38.8 Å². The molecule has 19 heavy (non-hydrogen) atoms. The second-order valence-electron chi connectivity index (χ2n) is 6.17. The standard InChI is InChI=1S/C16H24N2O/c1-11-10-18(3)12(2)8-15(11)17-14-4-5-16-13(9-14)6-7-19-16/h4-5,9,11-12,15,17H,6-8,10H2,1-3H3. The summed E-state index contributed by atoms with van der Waals surface area (Å²) in [6.45, 7) is 6.67. The summed E-state index contributed by atoms with van der Waals surface area (Å²) in [5.41, 5.74) is 2.59. The lowest BCUT2D eigenvalue weighted by Gasteiger charge is -2.40. The Labute approximate surface area is 115 Å². The second kappa shape index (κ2) is 5.04. The molecule has 0 bridgehead atoms. The SMILES string of the molecule is CC1CN(C)C(C)CC1Nc1ccc2c(c1)CCO2. The van der Waals surface area contributed by atoms with Crippen molar-refractivity contribution in [1.29, 1.82) is 0 Å². The first kappa shape index (κ1) is 12.8. The molecule has 1 aromatic carbocycles. The minimum atomic E-state index is 0.576. The molecule has 2 aliphatic heterocycles. The van der Waals surface area contributed by atoms with Gasteiger partial charge in [-0.2, -0.15) is 0 Å². The molecule has 0 spiro atoms. The van der Waals surface area contributed by atoms with Crippen LogP contribution in [0.3, 0.4) is 0 Å². The molecule has 1 saturated heterocycles. The van der Waals surface area contributed by atoms with Crippen LogP contribution in [0.5, 0.6) is 5.75 Å². The van der Waals surface area contributed by atoms with Crippen molar-refractivity contribution in [3.05, 3.63) is 23.8 Å². The number of fused-ring (bicyclic) bond motifs is 1. The summed E-state index contributed by atoms with van der Waals surface area (Å²) in [5.74, 6) is 1.75. The molecule has 2 aliphatic rings. The number of anilines is 1. The van der Waals surface area contributed by atoms with Crippen molar-refractivity contribution >= 4 is 5.69 Å². The predicted molar refractivity (Wildman–Crippen MR) is 78.9 cm³/mol. The van der Waals surface area contributed by atoms with E-state index in [-0.39, 0.29) is 0 Å². The Morgan fingerprint density at radius 3 is 3.00 bits per heavy atom. The first-order valence-corrected chi connectivity index (χ1v) is 7.36. The van der Waals surface area contributed by atoms with Crippen LogP contribution in [0.2, 0.25) is 0 Å². The first-order chi connectivity index (χ1) is 9.13. The number of hydrogen-bond acceptors (Lipinski definition) is 3. The molecule has 2 heterocycles. The Balaban J connectivity index is 1.71. The molecule has 0 amide bonds. The maximum Gasteiger partial charge on any atom is 0.122 e. The van der Waals surface area contributed by atoms with Gasteiger partial charge in [0, 0.05) is 30.7 Å². The van der Waals surface area contributed by atoms with Crippen molar-refractivity contribution in [3.63, 3.8) is 0 Å². The van der Waals surface area contributed by atoms with Gasteiger partial charge < -0.3 is 15.0 Å². The number of ether oxygens (including phenoxy) is 1. The van der Waals surface area contributed by atoms with E-state index in [0.29, 0.717) is 18.0 Å². The van der Waals surface area contributed by atoms with Crippen LogP contribution < -0.4 is 10.1 Å². The van der Waals surface area contributed by atoms with Gasteiger partial charge in [0.05, 0.1) is 6.61 Å². The average Bonchev–Trinajstić information content (AvgIpc) is 2.83. The summed E-state index contributed by atoms with van der Waals surface area (Å²) in [6.07, 6.45) is 2.26. The Hall–Kier alpha value is -1.22. The lowest BCUT2D eigenvalue weighted by Crippen LogP contribution is -2.48. The zero-order valence-electron chi connectivity index (χ0n) is 12.1. The predicted octanol–water partition coefficient (Wildman–Crippen LogP) is 2.76. The van der Waals surface area contributed by atoms with E-state index < -0.39 is 0 Å². The van der Waals surface area contributed by atoms with E-state index in [0.717, 1.165) is 18.8 Å². The van der Waals surface area contributed by atoms with Crippen molar-refractivity contribution in [2.24, 2.45) is 5.92 Å². The topological polar surface area (TPSA) is 24.5 Å². The Morgan fingerprint density at radius 2 is 2.16 bits per heavy atom. The highest BCUT2D eigenvalue weighted by Crippen LogP contribution is 2.30. The van der Waals surface area contributed by atoms with Gasteiger partial charge in [-0.1, -0.05) is 6.92 Å². The molecule has 1 fully saturated rings. The number of piperidine rings is 1. The van der Waals surface area contributed by atoms with Gasteiger partial charge in [0.2, 0.25) is 0 Å². The van der Waals surface area contributed by atoms with Crippen molar-refractivity contribution < 1.29 is 4.74 Å². The maximum absolute atomic E-state index is 5.56. The van der Waals surface area contributed by atoms with Gasteiger partial charge in [-0.25, -0.2) is 0 Å². The van der Waals surface area contributed by atoms with E-state index in [2.05, 4.69) is 49.3 Å². The smallest absolute Gasteiger partial charge is 0.122 e. The largest absolute Gasteiger partial charge is 0.493 e. The van der Waals surface area contributed by atoms with E-state index in [4.69, 9.17) is 4.74 Å². The fourth-order valence-electron chi connectivity index (χ4n) is 3.23. The van der Waals surface area contributed by atoms with Crippen LogP contribution in [-0.2, 0) is 6.42 Å². The molecule has 0 aromatic heterocycles. The monoisotopic (exact) mass is 260 g/mol. The molecule has 3 nitrogen and oxygen atoms in total. The van der Waals surface area contributed by atoms with Gasteiger partial charge >= 0.3 is 0 Å². The highest BCUT2D eigenvalue weighted by molar-refractivity contribution is 5.53. The fraction of sp³-hybridized carbons (Fsp3) is 0.625. The van der Waals surface area contributed by atoms with Crippen molar-refractivity contribution in [1.82, 2.24) is 4.90 Å². The number of hydrogen-bond donors (Lipinski definition) is 1. The Bertz CT molecular complexity index is 460. The highest BCUT2D eigenvalue weighted by Gasteiger charge is 2.28. The number of nitrogens with one attached hydrogen (secondary N) is 1. The van der Waals surface area contributed by atoms with Gasteiger partial charge in [0.25, 0.3) is 0 Å². The number of nitrogens with zero attached hydrogens (tertiary/aromatic N) is 1. The minimum Gasteiger partial charge on any atom is -0.493 e. The van der Waals surface area contributed by atoms with E-state index in [9.17, 15) is 0 Å². The van der Waals surface area contributed by atoms with Gasteiger partial charge in [-0.05, 0) is 50.1 Å². The summed E-state index contributed by atoms with van der Waals surface area (Å²) in [4.78, 5) is 2.46. The molecule has 3 unspecified atom stereocenters. The number of rotatable bonds is 2. The van der Waals surface area contributed by atoms with Crippen LogP contribution >= 0.6 is 0 Å². The molecule has 104 valence electrons. The summed E-state index contributed by atoms with van der Waals surface area (Å²) >= 11 is 0. The van der Waals surface area contributed by atoms with Crippen LogP contribution in [0, 0.1) is 5.92 Å². The normalized spacial score (nSPS) is 30.8. The van der Waals surface area contributed by atoms with Gasteiger partial charge in [-0.3, -0.25) is 0 Å². The van der Waals surface area contributed by atoms with E-state index in [1.165, 1.54) is 24.2 Å². The summed E-state index contributed by atoms with van der Waals surface area (Å²) in [6, 6.07) is 7.75. The molecule has 3 rings (SSSR count). The minimum absolute atomic E-state index is 0.576. The Morgan fingerprint density at radius 1 is 1.32 bits per heavy atom. The van der Waals surface area contributed by atoms with E-state index in [1.807, 2.05) is 0 Å². The fourth-order valence-corrected chi connectivity index (χ4v) is 3.23. The van der Waals surface area contributed by atoms with Gasteiger partial charge in [0.15, 0.2) is 0 Å². The zero-order valence-corrected chi connectivity index (χ0v) is 12.1. The van der Waals surface area contributed by atoms with Crippen LogP contribution in [0.25, 0.3) is 0 Å². The average molecular weight is 260 g/mol. The molecule has 3 atom stereocenters. The van der Waals surface area contributed by atoms with Crippen molar-refractivity contribution in [3.8, 4) is 5.75 Å². The van der Waals surface area contributed by atoms with Crippen LogP contribution in [0.1, 0.15) is 25.8 Å². The summed E-state index contributed by atoms with van der Waals surface area (Å²) in [7, 11) is 2.23. The van der Waals surface area contributed by atoms with Crippen LogP contribution in [0.4, 0.5) is 5.69 Å². The first-order valence-electron chi connectivity index (χ1n) is 7.36. The third kappa shape index (κ3) is 2.57.